The van der Waals surface area contributed by atoms with E-state index in [0.29, 0.717) is 0 Å². The maximum Gasteiger partial charge on any atom is 0.0761 e. The SMILES string of the molecule is CC(O)c1ccc(N(C)CC2CCOCC2)cc1. The largest absolute Gasteiger partial charge is 0.389 e. The number of rotatable bonds is 4. The third-order valence-corrected chi connectivity index (χ3v) is 3.69. The molecule has 18 heavy (non-hydrogen) atoms. The molecular weight excluding hydrogens is 226 g/mol. The lowest BCUT2D eigenvalue weighted by molar-refractivity contribution is 0.0685. The number of ether oxygens (including phenoxy) is 1. The number of hydrogen-bond donors (Lipinski definition) is 1. The van der Waals surface area contributed by atoms with E-state index in [4.69, 9.17) is 4.74 Å². The minimum absolute atomic E-state index is 0.389. The Morgan fingerprint density at radius 3 is 2.44 bits per heavy atom. The molecule has 1 aliphatic rings. The van der Waals surface area contributed by atoms with Crippen molar-refractivity contribution in [3.63, 3.8) is 0 Å². The third kappa shape index (κ3) is 3.47. The summed E-state index contributed by atoms with van der Waals surface area (Å²) in [5.41, 5.74) is 2.18. The van der Waals surface area contributed by atoms with Crippen LogP contribution in [0.4, 0.5) is 5.69 Å². The summed E-state index contributed by atoms with van der Waals surface area (Å²) in [5.74, 6) is 0.736. The van der Waals surface area contributed by atoms with Crippen LogP contribution in [0.25, 0.3) is 0 Å². The average Bonchev–Trinajstić information content (AvgIpc) is 2.40. The summed E-state index contributed by atoms with van der Waals surface area (Å²) in [6.45, 7) is 4.68. The average molecular weight is 249 g/mol. The molecule has 0 saturated carbocycles. The van der Waals surface area contributed by atoms with Crippen LogP contribution in [0.2, 0.25) is 0 Å². The van der Waals surface area contributed by atoms with E-state index in [-0.39, 0.29) is 6.10 Å². The predicted octanol–water partition coefficient (Wildman–Crippen LogP) is 2.60. The van der Waals surface area contributed by atoms with Gasteiger partial charge in [-0.05, 0) is 43.4 Å². The van der Waals surface area contributed by atoms with Crippen molar-refractivity contribution in [3.05, 3.63) is 29.8 Å². The summed E-state index contributed by atoms with van der Waals surface area (Å²) < 4.78 is 5.38. The van der Waals surface area contributed by atoms with E-state index in [0.717, 1.165) is 44.1 Å². The molecule has 2 rings (SSSR count). The van der Waals surface area contributed by atoms with Gasteiger partial charge in [-0.1, -0.05) is 12.1 Å². The van der Waals surface area contributed by atoms with E-state index >= 15 is 0 Å². The molecule has 0 amide bonds. The van der Waals surface area contributed by atoms with Gasteiger partial charge in [0, 0.05) is 32.5 Å². The molecule has 0 bridgehead atoms. The fraction of sp³-hybridized carbons (Fsp3) is 0.600. The van der Waals surface area contributed by atoms with Crippen molar-refractivity contribution in [1.82, 2.24) is 0 Å². The number of hydrogen-bond acceptors (Lipinski definition) is 3. The quantitative estimate of drug-likeness (QED) is 0.890. The predicted molar refractivity (Wildman–Crippen MR) is 73.9 cm³/mol. The maximum atomic E-state index is 9.49. The lowest BCUT2D eigenvalue weighted by Crippen LogP contribution is -2.29. The second-order valence-corrected chi connectivity index (χ2v) is 5.20. The summed E-state index contributed by atoms with van der Waals surface area (Å²) in [6.07, 6.45) is 1.94. The highest BCUT2D eigenvalue weighted by atomic mass is 16.5. The summed E-state index contributed by atoms with van der Waals surface area (Å²) in [4.78, 5) is 2.29. The summed E-state index contributed by atoms with van der Waals surface area (Å²) in [7, 11) is 2.13. The van der Waals surface area contributed by atoms with Crippen LogP contribution >= 0.6 is 0 Å². The zero-order valence-electron chi connectivity index (χ0n) is 11.3. The van der Waals surface area contributed by atoms with E-state index in [1.54, 1.807) is 6.92 Å². The molecule has 1 unspecified atom stereocenters. The highest BCUT2D eigenvalue weighted by molar-refractivity contribution is 5.47. The van der Waals surface area contributed by atoms with Crippen molar-refractivity contribution >= 4 is 5.69 Å². The molecule has 1 aromatic carbocycles. The summed E-state index contributed by atoms with van der Waals surface area (Å²) >= 11 is 0. The highest BCUT2D eigenvalue weighted by Crippen LogP contribution is 2.21. The van der Waals surface area contributed by atoms with Crippen molar-refractivity contribution in [1.29, 1.82) is 0 Å². The topological polar surface area (TPSA) is 32.7 Å². The Kier molecular flexibility index (Phi) is 4.61. The molecule has 1 heterocycles. The minimum atomic E-state index is -0.389. The van der Waals surface area contributed by atoms with Crippen LogP contribution in [0.3, 0.4) is 0 Å². The van der Waals surface area contributed by atoms with Gasteiger partial charge in [0.1, 0.15) is 0 Å². The number of nitrogens with zero attached hydrogens (tertiary/aromatic N) is 1. The summed E-state index contributed by atoms with van der Waals surface area (Å²) in [6, 6.07) is 8.17. The van der Waals surface area contributed by atoms with E-state index in [1.165, 1.54) is 5.69 Å². The van der Waals surface area contributed by atoms with E-state index in [2.05, 4.69) is 24.1 Å². The van der Waals surface area contributed by atoms with Gasteiger partial charge in [-0.15, -0.1) is 0 Å². The van der Waals surface area contributed by atoms with Gasteiger partial charge in [-0.25, -0.2) is 0 Å². The van der Waals surface area contributed by atoms with Crippen LogP contribution in [-0.4, -0.2) is 31.9 Å². The standard InChI is InChI=1S/C15H23NO2/c1-12(17)14-3-5-15(6-4-14)16(2)11-13-7-9-18-10-8-13/h3-6,12-13,17H,7-11H2,1-2H3. The fourth-order valence-electron chi connectivity index (χ4n) is 2.43. The number of aliphatic hydroxyl groups excluding tert-OH is 1. The first-order chi connectivity index (χ1) is 8.66. The van der Waals surface area contributed by atoms with Crippen LogP contribution in [0.1, 0.15) is 31.4 Å². The number of benzene rings is 1. The van der Waals surface area contributed by atoms with Gasteiger partial charge in [0.05, 0.1) is 6.10 Å². The van der Waals surface area contributed by atoms with Gasteiger partial charge >= 0.3 is 0 Å². The van der Waals surface area contributed by atoms with Crippen molar-refractivity contribution in [2.45, 2.75) is 25.9 Å². The van der Waals surface area contributed by atoms with Gasteiger partial charge in [0.25, 0.3) is 0 Å². The molecule has 1 aromatic rings. The molecule has 0 aromatic heterocycles. The van der Waals surface area contributed by atoms with Crippen LogP contribution < -0.4 is 4.90 Å². The van der Waals surface area contributed by atoms with Gasteiger partial charge in [0.2, 0.25) is 0 Å². The molecule has 1 aliphatic heterocycles. The molecule has 3 heteroatoms. The van der Waals surface area contributed by atoms with Gasteiger partial charge in [0.15, 0.2) is 0 Å². The normalized spacial score (nSPS) is 18.6. The van der Waals surface area contributed by atoms with E-state index in [1.807, 2.05) is 12.1 Å². The minimum Gasteiger partial charge on any atom is -0.389 e. The molecule has 0 aliphatic carbocycles. The molecule has 1 saturated heterocycles. The Morgan fingerprint density at radius 2 is 1.89 bits per heavy atom. The zero-order valence-corrected chi connectivity index (χ0v) is 11.3. The molecule has 1 fully saturated rings. The Labute approximate surface area is 109 Å². The van der Waals surface area contributed by atoms with Crippen LogP contribution in [0.15, 0.2) is 24.3 Å². The number of anilines is 1. The van der Waals surface area contributed by atoms with Crippen LogP contribution in [-0.2, 0) is 4.74 Å². The van der Waals surface area contributed by atoms with E-state index < -0.39 is 0 Å². The molecule has 3 nitrogen and oxygen atoms in total. The smallest absolute Gasteiger partial charge is 0.0761 e. The first-order valence-corrected chi connectivity index (χ1v) is 6.73. The Bertz CT molecular complexity index is 355. The van der Waals surface area contributed by atoms with Crippen LogP contribution in [0, 0.1) is 5.92 Å². The molecular formula is C15H23NO2. The Morgan fingerprint density at radius 1 is 1.28 bits per heavy atom. The Hall–Kier alpha value is -1.06. The second kappa shape index (κ2) is 6.21. The highest BCUT2D eigenvalue weighted by Gasteiger charge is 2.16. The van der Waals surface area contributed by atoms with Gasteiger partial charge < -0.3 is 14.7 Å². The monoisotopic (exact) mass is 249 g/mol. The van der Waals surface area contributed by atoms with E-state index in [9.17, 15) is 5.11 Å². The first kappa shape index (κ1) is 13.4. The second-order valence-electron chi connectivity index (χ2n) is 5.20. The number of aliphatic hydroxyl groups is 1. The zero-order chi connectivity index (χ0) is 13.0. The molecule has 1 atom stereocenters. The first-order valence-electron chi connectivity index (χ1n) is 6.73. The van der Waals surface area contributed by atoms with Crippen molar-refractivity contribution in [2.75, 3.05) is 31.7 Å². The molecule has 0 radical (unpaired) electrons. The lowest BCUT2D eigenvalue weighted by Gasteiger charge is -2.28. The maximum absolute atomic E-state index is 9.49. The summed E-state index contributed by atoms with van der Waals surface area (Å²) in [5, 5.41) is 9.49. The van der Waals surface area contributed by atoms with Gasteiger partial charge in [-0.2, -0.15) is 0 Å². The van der Waals surface area contributed by atoms with Crippen molar-refractivity contribution in [2.24, 2.45) is 5.92 Å². The van der Waals surface area contributed by atoms with Crippen molar-refractivity contribution in [3.8, 4) is 0 Å². The third-order valence-electron chi connectivity index (χ3n) is 3.69. The van der Waals surface area contributed by atoms with Crippen LogP contribution in [0.5, 0.6) is 0 Å². The van der Waals surface area contributed by atoms with Gasteiger partial charge in [-0.3, -0.25) is 0 Å². The fourth-order valence-corrected chi connectivity index (χ4v) is 2.43. The molecule has 100 valence electrons. The Balaban J connectivity index is 1.93. The molecule has 0 spiro atoms. The lowest BCUT2D eigenvalue weighted by atomic mass is 9.99. The van der Waals surface area contributed by atoms with Crippen molar-refractivity contribution < 1.29 is 9.84 Å². The molecule has 1 N–H and O–H groups in total.